The molecule has 0 bridgehead atoms. The molecular weight excluding hydrogens is 339 g/mol. The largest absolute Gasteiger partial charge is 0.487 e. The molecular formula is C16H16Cl2N2O3. The van der Waals surface area contributed by atoms with E-state index in [0.717, 1.165) is 0 Å². The molecule has 0 spiro atoms. The predicted octanol–water partition coefficient (Wildman–Crippen LogP) is 3.35. The maximum absolute atomic E-state index is 11.8. The van der Waals surface area contributed by atoms with Gasteiger partial charge in [-0.25, -0.2) is 0 Å². The molecule has 0 saturated carbocycles. The van der Waals surface area contributed by atoms with Gasteiger partial charge in [0.2, 0.25) is 0 Å². The van der Waals surface area contributed by atoms with Gasteiger partial charge >= 0.3 is 0 Å². The first-order valence-electron chi connectivity index (χ1n) is 6.96. The molecule has 0 aliphatic carbocycles. The van der Waals surface area contributed by atoms with Gasteiger partial charge in [-0.2, -0.15) is 0 Å². The Morgan fingerprint density at radius 3 is 2.87 bits per heavy atom. The van der Waals surface area contributed by atoms with Gasteiger partial charge in [-0.15, -0.1) is 0 Å². The Kier molecular flexibility index (Phi) is 6.50. The van der Waals surface area contributed by atoms with Gasteiger partial charge in [0.05, 0.1) is 17.8 Å². The Morgan fingerprint density at radius 1 is 1.35 bits per heavy atom. The average molecular weight is 355 g/mol. The van der Waals surface area contributed by atoms with E-state index >= 15 is 0 Å². The second kappa shape index (κ2) is 8.60. The van der Waals surface area contributed by atoms with Crippen LogP contribution in [0, 0.1) is 0 Å². The van der Waals surface area contributed by atoms with E-state index in [4.69, 9.17) is 32.7 Å². The number of halogens is 2. The SMILES string of the molecule is C[C@@H](CNC(=O)COc1ccc(Cl)cc1Cl)Oc1cccnc1. The molecule has 0 aliphatic rings. The fourth-order valence-electron chi connectivity index (χ4n) is 1.73. The summed E-state index contributed by atoms with van der Waals surface area (Å²) in [6.07, 6.45) is 3.09. The summed E-state index contributed by atoms with van der Waals surface area (Å²) >= 11 is 11.8. The fourth-order valence-corrected chi connectivity index (χ4v) is 2.20. The molecule has 0 saturated heterocycles. The van der Waals surface area contributed by atoms with Crippen LogP contribution in [0.5, 0.6) is 11.5 Å². The summed E-state index contributed by atoms with van der Waals surface area (Å²) < 4.78 is 11.0. The monoisotopic (exact) mass is 354 g/mol. The molecule has 5 nitrogen and oxygen atoms in total. The van der Waals surface area contributed by atoms with E-state index in [1.165, 1.54) is 0 Å². The highest BCUT2D eigenvalue weighted by Crippen LogP contribution is 2.27. The van der Waals surface area contributed by atoms with Gasteiger partial charge in [0, 0.05) is 11.2 Å². The number of nitrogens with zero attached hydrogens (tertiary/aromatic N) is 1. The molecule has 1 aromatic carbocycles. The number of carbonyl (C=O) groups is 1. The third-order valence-electron chi connectivity index (χ3n) is 2.81. The van der Waals surface area contributed by atoms with Crippen molar-refractivity contribution in [2.75, 3.05) is 13.2 Å². The molecule has 1 atom stereocenters. The number of hydrogen-bond acceptors (Lipinski definition) is 4. The summed E-state index contributed by atoms with van der Waals surface area (Å²) in [4.78, 5) is 15.7. The van der Waals surface area contributed by atoms with Crippen LogP contribution in [0.2, 0.25) is 10.0 Å². The van der Waals surface area contributed by atoms with Crippen molar-refractivity contribution in [3.63, 3.8) is 0 Å². The number of rotatable bonds is 7. The minimum absolute atomic E-state index is 0.138. The zero-order chi connectivity index (χ0) is 16.7. The Bertz CT molecular complexity index is 653. The van der Waals surface area contributed by atoms with E-state index in [1.807, 2.05) is 6.92 Å². The van der Waals surface area contributed by atoms with E-state index in [2.05, 4.69) is 10.3 Å². The van der Waals surface area contributed by atoms with Crippen LogP contribution in [-0.4, -0.2) is 30.1 Å². The summed E-state index contributed by atoms with van der Waals surface area (Å²) in [6, 6.07) is 8.40. The first-order chi connectivity index (χ1) is 11.0. The smallest absolute Gasteiger partial charge is 0.258 e. The number of hydrogen-bond donors (Lipinski definition) is 1. The molecule has 7 heteroatoms. The lowest BCUT2D eigenvalue weighted by atomic mass is 10.3. The van der Waals surface area contributed by atoms with Gasteiger partial charge in [-0.05, 0) is 37.3 Å². The van der Waals surface area contributed by atoms with Crippen molar-refractivity contribution >= 4 is 29.1 Å². The van der Waals surface area contributed by atoms with Crippen LogP contribution >= 0.6 is 23.2 Å². The van der Waals surface area contributed by atoms with Gasteiger partial charge in [0.1, 0.15) is 17.6 Å². The molecule has 2 aromatic rings. The minimum atomic E-state index is -0.266. The number of carbonyl (C=O) groups excluding carboxylic acids is 1. The summed E-state index contributed by atoms with van der Waals surface area (Å²) in [7, 11) is 0. The summed E-state index contributed by atoms with van der Waals surface area (Å²) in [5.41, 5.74) is 0. The highest BCUT2D eigenvalue weighted by molar-refractivity contribution is 6.35. The van der Waals surface area contributed by atoms with E-state index < -0.39 is 0 Å². The highest BCUT2D eigenvalue weighted by atomic mass is 35.5. The fraction of sp³-hybridized carbons (Fsp3) is 0.250. The normalized spacial score (nSPS) is 11.6. The van der Waals surface area contributed by atoms with Crippen LogP contribution < -0.4 is 14.8 Å². The van der Waals surface area contributed by atoms with Crippen molar-refractivity contribution in [3.8, 4) is 11.5 Å². The number of nitrogens with one attached hydrogen (secondary N) is 1. The molecule has 2 rings (SSSR count). The summed E-state index contributed by atoms with van der Waals surface area (Å²) in [5.74, 6) is 0.793. The standard InChI is InChI=1S/C16H16Cl2N2O3/c1-11(23-13-3-2-6-19-9-13)8-20-16(21)10-22-15-5-4-12(17)7-14(15)18/h2-7,9,11H,8,10H2,1H3,(H,20,21)/t11-/m0/s1. The molecule has 0 unspecified atom stereocenters. The van der Waals surface area contributed by atoms with Crippen LogP contribution in [-0.2, 0) is 4.79 Å². The van der Waals surface area contributed by atoms with E-state index in [-0.39, 0.29) is 18.6 Å². The van der Waals surface area contributed by atoms with Crippen LogP contribution in [0.3, 0.4) is 0 Å². The number of amides is 1. The lowest BCUT2D eigenvalue weighted by Gasteiger charge is -2.15. The van der Waals surface area contributed by atoms with E-state index in [9.17, 15) is 4.79 Å². The number of ether oxygens (including phenoxy) is 2. The first kappa shape index (κ1) is 17.4. The van der Waals surface area contributed by atoms with Crippen molar-refractivity contribution in [2.45, 2.75) is 13.0 Å². The number of aromatic nitrogens is 1. The lowest BCUT2D eigenvalue weighted by molar-refractivity contribution is -0.123. The number of pyridine rings is 1. The first-order valence-corrected chi connectivity index (χ1v) is 7.71. The van der Waals surface area contributed by atoms with Crippen molar-refractivity contribution < 1.29 is 14.3 Å². The summed E-state index contributed by atoms with van der Waals surface area (Å²) in [6.45, 7) is 2.07. The quantitative estimate of drug-likeness (QED) is 0.828. The van der Waals surface area contributed by atoms with E-state index in [0.29, 0.717) is 28.1 Å². The summed E-state index contributed by atoms with van der Waals surface area (Å²) in [5, 5.41) is 3.59. The molecule has 0 fully saturated rings. The zero-order valence-electron chi connectivity index (χ0n) is 12.5. The van der Waals surface area contributed by atoms with Gasteiger partial charge in [0.15, 0.2) is 6.61 Å². The van der Waals surface area contributed by atoms with Gasteiger partial charge in [0.25, 0.3) is 5.91 Å². The Labute approximate surface area is 144 Å². The Hall–Kier alpha value is -1.98. The second-order valence-electron chi connectivity index (χ2n) is 4.78. The topological polar surface area (TPSA) is 60.5 Å². The van der Waals surface area contributed by atoms with E-state index in [1.54, 1.807) is 42.7 Å². The van der Waals surface area contributed by atoms with Gasteiger partial charge in [-0.3, -0.25) is 9.78 Å². The molecule has 1 N–H and O–H groups in total. The van der Waals surface area contributed by atoms with Crippen molar-refractivity contribution in [1.82, 2.24) is 10.3 Å². The van der Waals surface area contributed by atoms with Crippen LogP contribution in [0.4, 0.5) is 0 Å². The third-order valence-corrected chi connectivity index (χ3v) is 3.34. The maximum atomic E-state index is 11.8. The molecule has 0 aliphatic heterocycles. The van der Waals surface area contributed by atoms with Crippen molar-refractivity contribution in [2.24, 2.45) is 0 Å². The van der Waals surface area contributed by atoms with Gasteiger partial charge < -0.3 is 14.8 Å². The van der Waals surface area contributed by atoms with Crippen molar-refractivity contribution in [3.05, 3.63) is 52.8 Å². The van der Waals surface area contributed by atoms with Crippen LogP contribution in [0.15, 0.2) is 42.7 Å². The lowest BCUT2D eigenvalue weighted by Crippen LogP contribution is -2.36. The maximum Gasteiger partial charge on any atom is 0.258 e. The van der Waals surface area contributed by atoms with Crippen molar-refractivity contribution in [1.29, 1.82) is 0 Å². The molecule has 0 radical (unpaired) electrons. The molecule has 1 aromatic heterocycles. The molecule has 1 heterocycles. The Morgan fingerprint density at radius 2 is 2.17 bits per heavy atom. The second-order valence-corrected chi connectivity index (χ2v) is 5.63. The minimum Gasteiger partial charge on any atom is -0.487 e. The zero-order valence-corrected chi connectivity index (χ0v) is 14.0. The average Bonchev–Trinajstić information content (AvgIpc) is 2.53. The molecule has 23 heavy (non-hydrogen) atoms. The molecule has 122 valence electrons. The van der Waals surface area contributed by atoms with Crippen LogP contribution in [0.25, 0.3) is 0 Å². The predicted molar refractivity (Wildman–Crippen MR) is 89.3 cm³/mol. The number of benzene rings is 1. The third kappa shape index (κ3) is 5.96. The highest BCUT2D eigenvalue weighted by Gasteiger charge is 2.09. The molecule has 1 amide bonds. The van der Waals surface area contributed by atoms with Crippen LogP contribution in [0.1, 0.15) is 6.92 Å². The van der Waals surface area contributed by atoms with Gasteiger partial charge in [-0.1, -0.05) is 23.2 Å². The Balaban J connectivity index is 1.72.